The topological polar surface area (TPSA) is 75.3 Å². The van der Waals surface area contributed by atoms with Crippen molar-refractivity contribution >= 4 is 52.9 Å². The third kappa shape index (κ3) is 5.68. The molecule has 0 bridgehead atoms. The highest BCUT2D eigenvalue weighted by Gasteiger charge is 2.09. The molecule has 0 aliphatic carbocycles. The first kappa shape index (κ1) is 20.7. The lowest BCUT2D eigenvalue weighted by Gasteiger charge is -2.09. The fourth-order valence-electron chi connectivity index (χ4n) is 2.17. The van der Waals surface area contributed by atoms with Crippen molar-refractivity contribution in [3.8, 4) is 11.4 Å². The number of aryl methyl sites for hydroxylation is 1. The van der Waals surface area contributed by atoms with E-state index in [1.165, 1.54) is 9.75 Å². The molecule has 3 rings (SSSR count). The highest BCUT2D eigenvalue weighted by molar-refractivity contribution is 14.0. The number of halogens is 2. The number of aromatic nitrogens is 2. The molecule has 0 spiro atoms. The van der Waals surface area contributed by atoms with Gasteiger partial charge in [0.25, 0.3) is 0 Å². The van der Waals surface area contributed by atoms with Crippen molar-refractivity contribution in [1.29, 1.82) is 0 Å². The van der Waals surface area contributed by atoms with E-state index in [4.69, 9.17) is 16.1 Å². The van der Waals surface area contributed by atoms with Gasteiger partial charge in [0.1, 0.15) is 0 Å². The van der Waals surface area contributed by atoms with Gasteiger partial charge in [-0.2, -0.15) is 4.98 Å². The predicted octanol–water partition coefficient (Wildman–Crippen LogP) is 4.24. The van der Waals surface area contributed by atoms with Gasteiger partial charge in [0.05, 0.1) is 13.1 Å². The lowest BCUT2D eigenvalue weighted by molar-refractivity contribution is 0.375. The van der Waals surface area contributed by atoms with E-state index in [9.17, 15) is 0 Å². The summed E-state index contributed by atoms with van der Waals surface area (Å²) in [6.07, 6.45) is 0. The molecule has 2 aromatic heterocycles. The van der Waals surface area contributed by atoms with Crippen LogP contribution in [0.5, 0.6) is 0 Å². The number of thiophene rings is 1. The molecule has 0 saturated carbocycles. The number of benzene rings is 1. The van der Waals surface area contributed by atoms with Gasteiger partial charge in [-0.05, 0) is 43.3 Å². The normalized spacial score (nSPS) is 11.1. The molecular formula is C17H19ClIN5OS. The highest BCUT2D eigenvalue weighted by Crippen LogP contribution is 2.18. The third-order valence-corrected chi connectivity index (χ3v) is 4.68. The Balaban J connectivity index is 0.00000243. The monoisotopic (exact) mass is 503 g/mol. The second-order valence-corrected chi connectivity index (χ2v) is 7.12. The number of rotatable bonds is 5. The summed E-state index contributed by atoms with van der Waals surface area (Å²) in [6.45, 7) is 3.21. The molecule has 0 amide bonds. The Morgan fingerprint density at radius 1 is 1.15 bits per heavy atom. The summed E-state index contributed by atoms with van der Waals surface area (Å²) in [4.78, 5) is 11.1. The molecule has 0 fully saturated rings. The summed E-state index contributed by atoms with van der Waals surface area (Å²) >= 11 is 7.65. The highest BCUT2D eigenvalue weighted by atomic mass is 127. The second kappa shape index (κ2) is 9.89. The molecule has 1 aromatic carbocycles. The lowest BCUT2D eigenvalue weighted by Crippen LogP contribution is -2.36. The van der Waals surface area contributed by atoms with Crippen molar-refractivity contribution in [2.24, 2.45) is 4.99 Å². The van der Waals surface area contributed by atoms with Crippen LogP contribution in [0.2, 0.25) is 5.02 Å². The van der Waals surface area contributed by atoms with Gasteiger partial charge in [-0.1, -0.05) is 16.8 Å². The quantitative estimate of drug-likeness (QED) is 0.309. The molecule has 26 heavy (non-hydrogen) atoms. The molecule has 0 aliphatic heterocycles. The molecule has 9 heteroatoms. The van der Waals surface area contributed by atoms with Gasteiger partial charge in [-0.15, -0.1) is 35.3 Å². The standard InChI is InChI=1S/C17H18ClN5OS.HI/c1-11-3-8-14(25-11)9-20-17(19-2)21-10-15-22-16(23-24-15)12-4-6-13(18)7-5-12;/h3-8H,9-10H2,1-2H3,(H2,19,20,21);1H. The Morgan fingerprint density at radius 3 is 2.54 bits per heavy atom. The Labute approximate surface area is 178 Å². The van der Waals surface area contributed by atoms with Crippen LogP contribution in [0.25, 0.3) is 11.4 Å². The van der Waals surface area contributed by atoms with E-state index < -0.39 is 0 Å². The number of hydrogen-bond acceptors (Lipinski definition) is 5. The molecule has 0 aliphatic rings. The first-order chi connectivity index (χ1) is 12.1. The average Bonchev–Trinajstić information content (AvgIpc) is 3.25. The molecule has 0 atom stereocenters. The van der Waals surface area contributed by atoms with Crippen molar-refractivity contribution in [3.63, 3.8) is 0 Å². The van der Waals surface area contributed by atoms with E-state index in [1.54, 1.807) is 30.5 Å². The van der Waals surface area contributed by atoms with Gasteiger partial charge in [-0.25, -0.2) is 0 Å². The summed E-state index contributed by atoms with van der Waals surface area (Å²) in [6, 6.07) is 11.5. The Morgan fingerprint density at radius 2 is 1.88 bits per heavy atom. The summed E-state index contributed by atoms with van der Waals surface area (Å²) in [5, 5.41) is 11.1. The van der Waals surface area contributed by atoms with Crippen LogP contribution < -0.4 is 10.6 Å². The first-order valence-electron chi connectivity index (χ1n) is 7.72. The third-order valence-electron chi connectivity index (χ3n) is 3.43. The number of guanidine groups is 1. The van der Waals surface area contributed by atoms with Crippen molar-refractivity contribution < 1.29 is 4.52 Å². The minimum absolute atomic E-state index is 0. The van der Waals surface area contributed by atoms with Crippen LogP contribution in [0.3, 0.4) is 0 Å². The Bertz CT molecular complexity index is 862. The van der Waals surface area contributed by atoms with Crippen molar-refractivity contribution in [1.82, 2.24) is 20.8 Å². The summed E-state index contributed by atoms with van der Waals surface area (Å²) in [5.41, 5.74) is 0.856. The first-order valence-corrected chi connectivity index (χ1v) is 8.92. The van der Waals surface area contributed by atoms with Gasteiger partial charge in [0.15, 0.2) is 5.96 Å². The van der Waals surface area contributed by atoms with Crippen LogP contribution in [0, 0.1) is 6.92 Å². The van der Waals surface area contributed by atoms with Gasteiger partial charge in [0, 0.05) is 27.4 Å². The van der Waals surface area contributed by atoms with Crippen LogP contribution >= 0.6 is 46.9 Å². The maximum atomic E-state index is 5.89. The zero-order valence-corrected chi connectivity index (χ0v) is 18.2. The van der Waals surface area contributed by atoms with E-state index in [-0.39, 0.29) is 24.0 Å². The predicted molar refractivity (Wildman–Crippen MR) is 116 cm³/mol. The molecule has 0 unspecified atom stereocenters. The van der Waals surface area contributed by atoms with Crippen molar-refractivity contribution in [3.05, 3.63) is 57.1 Å². The molecule has 0 radical (unpaired) electrons. The van der Waals surface area contributed by atoms with E-state index in [0.717, 1.165) is 12.1 Å². The van der Waals surface area contributed by atoms with E-state index in [0.29, 0.717) is 29.2 Å². The summed E-state index contributed by atoms with van der Waals surface area (Å²) < 4.78 is 5.27. The van der Waals surface area contributed by atoms with Gasteiger partial charge in [-0.3, -0.25) is 4.99 Å². The van der Waals surface area contributed by atoms with E-state index >= 15 is 0 Å². The maximum Gasteiger partial charge on any atom is 0.246 e. The summed E-state index contributed by atoms with van der Waals surface area (Å²) in [7, 11) is 1.72. The van der Waals surface area contributed by atoms with Crippen LogP contribution in [-0.2, 0) is 13.1 Å². The van der Waals surface area contributed by atoms with Crippen molar-refractivity contribution in [2.45, 2.75) is 20.0 Å². The van der Waals surface area contributed by atoms with E-state index in [1.807, 2.05) is 12.1 Å². The minimum atomic E-state index is 0. The number of nitrogens with one attached hydrogen (secondary N) is 2. The van der Waals surface area contributed by atoms with Gasteiger partial charge < -0.3 is 15.2 Å². The van der Waals surface area contributed by atoms with Crippen LogP contribution in [-0.4, -0.2) is 23.1 Å². The number of hydrogen-bond donors (Lipinski definition) is 2. The molecular weight excluding hydrogens is 485 g/mol. The van der Waals surface area contributed by atoms with Crippen LogP contribution in [0.15, 0.2) is 45.9 Å². The zero-order valence-electron chi connectivity index (χ0n) is 14.3. The average molecular weight is 504 g/mol. The maximum absolute atomic E-state index is 5.89. The SMILES string of the molecule is CN=C(NCc1nc(-c2ccc(Cl)cc2)no1)NCc1ccc(C)s1.I. The van der Waals surface area contributed by atoms with Crippen LogP contribution in [0.1, 0.15) is 15.6 Å². The second-order valence-electron chi connectivity index (χ2n) is 5.31. The fourth-order valence-corrected chi connectivity index (χ4v) is 3.13. The largest absolute Gasteiger partial charge is 0.352 e. The number of nitrogens with zero attached hydrogens (tertiary/aromatic N) is 3. The molecule has 138 valence electrons. The Kier molecular flexibility index (Phi) is 7.85. The summed E-state index contributed by atoms with van der Waals surface area (Å²) in [5.74, 6) is 1.70. The molecule has 0 saturated heterocycles. The van der Waals surface area contributed by atoms with E-state index in [2.05, 4.69) is 44.8 Å². The molecule has 2 heterocycles. The molecule has 6 nitrogen and oxygen atoms in total. The molecule has 3 aromatic rings. The van der Waals surface area contributed by atoms with Gasteiger partial charge in [0.2, 0.25) is 11.7 Å². The van der Waals surface area contributed by atoms with Gasteiger partial charge >= 0.3 is 0 Å². The lowest BCUT2D eigenvalue weighted by atomic mass is 10.2. The zero-order chi connectivity index (χ0) is 17.6. The van der Waals surface area contributed by atoms with Crippen LogP contribution in [0.4, 0.5) is 0 Å². The minimum Gasteiger partial charge on any atom is -0.352 e. The van der Waals surface area contributed by atoms with Crippen molar-refractivity contribution in [2.75, 3.05) is 7.05 Å². The Hall–Kier alpha value is -1.65. The smallest absolute Gasteiger partial charge is 0.246 e. The fraction of sp³-hybridized carbons (Fsp3) is 0.235. The number of aliphatic imine (C=N–C) groups is 1. The molecule has 2 N–H and O–H groups in total.